The number of rotatable bonds is 4. The average molecular weight is 302 g/mol. The van der Waals surface area contributed by atoms with Crippen LogP contribution in [0.2, 0.25) is 0 Å². The highest BCUT2D eigenvalue weighted by molar-refractivity contribution is 7.91. The summed E-state index contributed by atoms with van der Waals surface area (Å²) in [7, 11) is -3.02. The third kappa shape index (κ3) is 3.71. The lowest BCUT2D eigenvalue weighted by molar-refractivity contribution is -0.133. The third-order valence-corrected chi connectivity index (χ3v) is 5.83. The summed E-state index contributed by atoms with van der Waals surface area (Å²) in [5.74, 6) is 0.0855. The SMILES string of the molecule is CC(=O)N(CCC(=O)N1CCCC1)C1CCS(=O)(=O)C1. The van der Waals surface area contributed by atoms with Crippen LogP contribution in [0.15, 0.2) is 0 Å². The van der Waals surface area contributed by atoms with Gasteiger partial charge in [0.15, 0.2) is 9.84 Å². The van der Waals surface area contributed by atoms with Crippen molar-refractivity contribution in [3.8, 4) is 0 Å². The molecule has 20 heavy (non-hydrogen) atoms. The van der Waals surface area contributed by atoms with Gasteiger partial charge in [-0.2, -0.15) is 0 Å². The molecule has 0 aliphatic carbocycles. The van der Waals surface area contributed by atoms with E-state index in [1.54, 1.807) is 4.90 Å². The molecule has 1 unspecified atom stereocenters. The largest absolute Gasteiger partial charge is 0.343 e. The highest BCUT2D eigenvalue weighted by Gasteiger charge is 2.33. The van der Waals surface area contributed by atoms with E-state index >= 15 is 0 Å². The molecule has 2 aliphatic heterocycles. The van der Waals surface area contributed by atoms with Gasteiger partial charge in [0, 0.05) is 39.0 Å². The first kappa shape index (κ1) is 15.3. The predicted molar refractivity (Wildman–Crippen MR) is 74.9 cm³/mol. The van der Waals surface area contributed by atoms with E-state index in [1.807, 2.05) is 4.90 Å². The summed E-state index contributed by atoms with van der Waals surface area (Å²) in [4.78, 5) is 27.0. The summed E-state index contributed by atoms with van der Waals surface area (Å²) in [6, 6.07) is -0.260. The van der Waals surface area contributed by atoms with Crippen molar-refractivity contribution in [3.63, 3.8) is 0 Å². The first-order valence-electron chi connectivity index (χ1n) is 7.14. The van der Waals surface area contributed by atoms with E-state index in [0.29, 0.717) is 13.0 Å². The number of likely N-dealkylation sites (tertiary alicyclic amines) is 1. The lowest BCUT2D eigenvalue weighted by Crippen LogP contribution is -2.42. The minimum atomic E-state index is -3.02. The summed E-state index contributed by atoms with van der Waals surface area (Å²) in [6.07, 6.45) is 2.86. The zero-order valence-corrected chi connectivity index (χ0v) is 12.7. The van der Waals surface area contributed by atoms with Crippen molar-refractivity contribution in [2.24, 2.45) is 0 Å². The van der Waals surface area contributed by atoms with Crippen LogP contribution in [0.3, 0.4) is 0 Å². The monoisotopic (exact) mass is 302 g/mol. The number of hydrogen-bond donors (Lipinski definition) is 0. The molecule has 0 aromatic carbocycles. The quantitative estimate of drug-likeness (QED) is 0.734. The first-order valence-corrected chi connectivity index (χ1v) is 8.96. The van der Waals surface area contributed by atoms with Crippen molar-refractivity contribution in [1.29, 1.82) is 0 Å². The lowest BCUT2D eigenvalue weighted by atomic mass is 10.2. The molecule has 2 saturated heterocycles. The molecule has 1 atom stereocenters. The Balaban J connectivity index is 1.90. The summed E-state index contributed by atoms with van der Waals surface area (Å²) in [5, 5.41) is 0. The Morgan fingerprint density at radius 3 is 2.40 bits per heavy atom. The highest BCUT2D eigenvalue weighted by atomic mass is 32.2. The molecule has 2 fully saturated rings. The Labute approximate surface area is 120 Å². The Morgan fingerprint density at radius 2 is 1.90 bits per heavy atom. The molecule has 0 aromatic rings. The normalized spacial score (nSPS) is 24.9. The van der Waals surface area contributed by atoms with Gasteiger partial charge in [-0.15, -0.1) is 0 Å². The molecule has 0 saturated carbocycles. The average Bonchev–Trinajstić information content (AvgIpc) is 2.98. The minimum Gasteiger partial charge on any atom is -0.343 e. The van der Waals surface area contributed by atoms with E-state index in [0.717, 1.165) is 25.9 Å². The maximum Gasteiger partial charge on any atom is 0.224 e. The van der Waals surface area contributed by atoms with Crippen molar-refractivity contribution >= 4 is 21.7 Å². The molecular formula is C13H22N2O4S. The molecule has 0 N–H and O–H groups in total. The van der Waals surface area contributed by atoms with Gasteiger partial charge in [-0.3, -0.25) is 9.59 Å². The molecule has 114 valence electrons. The smallest absolute Gasteiger partial charge is 0.224 e. The van der Waals surface area contributed by atoms with Gasteiger partial charge in [-0.05, 0) is 19.3 Å². The number of carbonyl (C=O) groups is 2. The van der Waals surface area contributed by atoms with Gasteiger partial charge < -0.3 is 9.80 Å². The molecule has 0 radical (unpaired) electrons. The standard InChI is InChI=1S/C13H22N2O4S/c1-11(16)15(12-5-9-20(18,19)10-12)8-4-13(17)14-6-2-3-7-14/h12H,2-10H2,1H3. The minimum absolute atomic E-state index is 0.0322. The number of nitrogens with zero attached hydrogens (tertiary/aromatic N) is 2. The van der Waals surface area contributed by atoms with Crippen molar-refractivity contribution in [2.75, 3.05) is 31.1 Å². The van der Waals surface area contributed by atoms with Crippen LogP contribution in [0.1, 0.15) is 32.6 Å². The molecule has 2 rings (SSSR count). The van der Waals surface area contributed by atoms with E-state index in [-0.39, 0.29) is 35.8 Å². The Kier molecular flexibility index (Phi) is 4.67. The summed E-state index contributed by atoms with van der Waals surface area (Å²) in [5.41, 5.74) is 0. The second-order valence-electron chi connectivity index (χ2n) is 5.61. The molecule has 0 bridgehead atoms. The molecule has 7 heteroatoms. The van der Waals surface area contributed by atoms with Crippen LogP contribution in [-0.4, -0.2) is 67.2 Å². The fourth-order valence-corrected chi connectivity index (χ4v) is 4.69. The predicted octanol–water partition coefficient (Wildman–Crippen LogP) is 0.0345. The van der Waals surface area contributed by atoms with E-state index in [9.17, 15) is 18.0 Å². The molecule has 2 amide bonds. The number of amides is 2. The number of hydrogen-bond acceptors (Lipinski definition) is 4. The van der Waals surface area contributed by atoms with Crippen LogP contribution in [0.25, 0.3) is 0 Å². The van der Waals surface area contributed by atoms with Crippen molar-refractivity contribution < 1.29 is 18.0 Å². The van der Waals surface area contributed by atoms with E-state index < -0.39 is 9.84 Å². The van der Waals surface area contributed by atoms with Crippen LogP contribution in [-0.2, 0) is 19.4 Å². The number of carbonyl (C=O) groups excluding carboxylic acids is 2. The molecule has 2 aliphatic rings. The fraction of sp³-hybridized carbons (Fsp3) is 0.846. The maximum absolute atomic E-state index is 12.0. The molecular weight excluding hydrogens is 280 g/mol. The van der Waals surface area contributed by atoms with Gasteiger partial charge in [-0.1, -0.05) is 0 Å². The second-order valence-corrected chi connectivity index (χ2v) is 7.84. The van der Waals surface area contributed by atoms with Crippen LogP contribution in [0.5, 0.6) is 0 Å². The Hall–Kier alpha value is -1.11. The molecule has 0 spiro atoms. The lowest BCUT2D eigenvalue weighted by Gasteiger charge is -2.27. The molecule has 2 heterocycles. The van der Waals surface area contributed by atoms with Crippen LogP contribution in [0, 0.1) is 0 Å². The molecule has 6 nitrogen and oxygen atoms in total. The molecule has 0 aromatic heterocycles. The van der Waals surface area contributed by atoms with E-state index in [2.05, 4.69) is 0 Å². The topological polar surface area (TPSA) is 74.8 Å². The highest BCUT2D eigenvalue weighted by Crippen LogP contribution is 2.19. The van der Waals surface area contributed by atoms with E-state index in [1.165, 1.54) is 6.92 Å². The maximum atomic E-state index is 12.0. The summed E-state index contributed by atoms with van der Waals surface area (Å²) < 4.78 is 23.0. The zero-order chi connectivity index (χ0) is 14.8. The zero-order valence-electron chi connectivity index (χ0n) is 11.9. The van der Waals surface area contributed by atoms with Crippen LogP contribution < -0.4 is 0 Å². The van der Waals surface area contributed by atoms with Gasteiger partial charge in [0.05, 0.1) is 11.5 Å². The Bertz CT molecular complexity index is 483. The van der Waals surface area contributed by atoms with Gasteiger partial charge in [-0.25, -0.2) is 8.42 Å². The number of sulfone groups is 1. The fourth-order valence-electron chi connectivity index (χ4n) is 2.96. The van der Waals surface area contributed by atoms with Crippen molar-refractivity contribution in [3.05, 3.63) is 0 Å². The second kappa shape index (κ2) is 6.11. The third-order valence-electron chi connectivity index (χ3n) is 4.08. The van der Waals surface area contributed by atoms with Gasteiger partial charge in [0.25, 0.3) is 0 Å². The van der Waals surface area contributed by atoms with Gasteiger partial charge in [0.1, 0.15) is 0 Å². The van der Waals surface area contributed by atoms with Crippen molar-refractivity contribution in [1.82, 2.24) is 9.80 Å². The Morgan fingerprint density at radius 1 is 1.25 bits per heavy atom. The van der Waals surface area contributed by atoms with E-state index in [4.69, 9.17) is 0 Å². The van der Waals surface area contributed by atoms with Gasteiger partial charge in [0.2, 0.25) is 11.8 Å². The summed E-state index contributed by atoms with van der Waals surface area (Å²) in [6.45, 7) is 3.36. The van der Waals surface area contributed by atoms with Crippen molar-refractivity contribution in [2.45, 2.75) is 38.6 Å². The van der Waals surface area contributed by atoms with Gasteiger partial charge >= 0.3 is 0 Å². The van der Waals surface area contributed by atoms with Crippen LogP contribution in [0.4, 0.5) is 0 Å². The van der Waals surface area contributed by atoms with Crippen LogP contribution >= 0.6 is 0 Å². The first-order chi connectivity index (χ1) is 9.39. The summed E-state index contributed by atoms with van der Waals surface area (Å²) >= 11 is 0.